The van der Waals surface area contributed by atoms with Crippen molar-refractivity contribution >= 4 is 11.5 Å². The number of hydrogen-bond donors (Lipinski definition) is 2. The molecule has 94 valence electrons. The van der Waals surface area contributed by atoms with E-state index in [0.29, 0.717) is 6.54 Å². The van der Waals surface area contributed by atoms with Crippen molar-refractivity contribution in [2.75, 3.05) is 5.32 Å². The topological polar surface area (TPSA) is 36.4 Å². The van der Waals surface area contributed by atoms with E-state index < -0.39 is 0 Å². The molecule has 2 aromatic rings. The molecule has 0 spiro atoms. The Morgan fingerprint density at radius 3 is 2.47 bits per heavy atom. The van der Waals surface area contributed by atoms with Gasteiger partial charge in [0.15, 0.2) is 0 Å². The first-order valence-electron chi connectivity index (χ1n) is 6.23. The normalized spacial score (nSPS) is 15.6. The Morgan fingerprint density at radius 1 is 0.895 bits per heavy atom. The lowest BCUT2D eigenvalue weighted by Gasteiger charge is -2.23. The van der Waals surface area contributed by atoms with E-state index >= 15 is 0 Å². The van der Waals surface area contributed by atoms with Crippen LogP contribution in [0.15, 0.2) is 72.0 Å². The lowest BCUT2D eigenvalue weighted by Crippen LogP contribution is -2.32. The summed E-state index contributed by atoms with van der Waals surface area (Å²) in [7, 11) is 0. The summed E-state index contributed by atoms with van der Waals surface area (Å²) in [6, 6.07) is 18.3. The first-order chi connectivity index (χ1) is 9.33. The first kappa shape index (κ1) is 11.5. The maximum Gasteiger partial charge on any atom is 0.136 e. The number of benzene rings is 2. The molecule has 0 aliphatic carbocycles. The van der Waals surface area contributed by atoms with Crippen LogP contribution in [0.2, 0.25) is 0 Å². The third kappa shape index (κ3) is 2.50. The van der Waals surface area contributed by atoms with Crippen LogP contribution < -0.4 is 10.6 Å². The standard InChI is InChI=1S/C16H15N3/c1-12-18-15-10-6-5-9-14(15)16(19-12)17-11-13-7-3-2-4-8-13/h2-10,18H,1,11H2,(H,17,19). The molecule has 0 fully saturated rings. The van der Waals surface area contributed by atoms with Crippen molar-refractivity contribution in [3.8, 4) is 0 Å². The van der Waals surface area contributed by atoms with Crippen LogP contribution in [0.25, 0.3) is 0 Å². The van der Waals surface area contributed by atoms with Gasteiger partial charge in [-0.15, -0.1) is 0 Å². The van der Waals surface area contributed by atoms with E-state index in [2.05, 4.69) is 34.3 Å². The van der Waals surface area contributed by atoms with Gasteiger partial charge in [-0.1, -0.05) is 49.0 Å². The summed E-state index contributed by atoms with van der Waals surface area (Å²) in [4.78, 5) is 4.65. The summed E-state index contributed by atoms with van der Waals surface area (Å²) in [6.07, 6.45) is 0. The second kappa shape index (κ2) is 4.98. The molecule has 3 heteroatoms. The Labute approximate surface area is 112 Å². The maximum absolute atomic E-state index is 4.65. The highest BCUT2D eigenvalue weighted by Crippen LogP contribution is 2.21. The quantitative estimate of drug-likeness (QED) is 0.858. The van der Waals surface area contributed by atoms with Crippen molar-refractivity contribution in [2.24, 2.45) is 4.99 Å². The lowest BCUT2D eigenvalue weighted by atomic mass is 10.1. The second-order valence-corrected chi connectivity index (χ2v) is 4.42. The molecule has 2 aromatic carbocycles. The predicted octanol–water partition coefficient (Wildman–Crippen LogP) is 3.12. The lowest BCUT2D eigenvalue weighted by molar-refractivity contribution is 1.01. The zero-order valence-corrected chi connectivity index (χ0v) is 10.6. The molecule has 2 N–H and O–H groups in total. The fraction of sp³-hybridized carbons (Fsp3) is 0.0625. The van der Waals surface area contributed by atoms with E-state index in [4.69, 9.17) is 0 Å². The molecule has 3 rings (SSSR count). The summed E-state index contributed by atoms with van der Waals surface area (Å²) in [5, 5.41) is 6.39. The van der Waals surface area contributed by atoms with Gasteiger partial charge in [-0.2, -0.15) is 0 Å². The number of para-hydroxylation sites is 1. The van der Waals surface area contributed by atoms with Gasteiger partial charge in [0.2, 0.25) is 0 Å². The van der Waals surface area contributed by atoms with Crippen LogP contribution >= 0.6 is 0 Å². The highest BCUT2D eigenvalue weighted by molar-refractivity contribution is 6.06. The highest BCUT2D eigenvalue weighted by Gasteiger charge is 2.15. The van der Waals surface area contributed by atoms with E-state index in [9.17, 15) is 0 Å². The zero-order valence-electron chi connectivity index (χ0n) is 10.6. The van der Waals surface area contributed by atoms with Crippen LogP contribution in [-0.2, 0) is 6.54 Å². The molecule has 1 aliphatic heterocycles. The largest absolute Gasteiger partial charge is 0.342 e. The average molecular weight is 249 g/mol. The number of nitrogens with one attached hydrogen (secondary N) is 2. The van der Waals surface area contributed by atoms with Gasteiger partial charge in [0.1, 0.15) is 11.7 Å². The van der Waals surface area contributed by atoms with Gasteiger partial charge in [0, 0.05) is 5.56 Å². The Bertz CT molecular complexity index is 629. The summed E-state index contributed by atoms with van der Waals surface area (Å²) < 4.78 is 0. The van der Waals surface area contributed by atoms with Gasteiger partial charge in [0.25, 0.3) is 0 Å². The molecule has 3 nitrogen and oxygen atoms in total. The first-order valence-corrected chi connectivity index (χ1v) is 6.23. The molecule has 0 radical (unpaired) electrons. The summed E-state index contributed by atoms with van der Waals surface area (Å²) in [6.45, 7) is 4.57. The van der Waals surface area contributed by atoms with Gasteiger partial charge in [-0.25, -0.2) is 0 Å². The van der Waals surface area contributed by atoms with E-state index in [1.54, 1.807) is 0 Å². The van der Waals surface area contributed by atoms with Crippen LogP contribution in [-0.4, -0.2) is 5.84 Å². The third-order valence-corrected chi connectivity index (χ3v) is 3.00. The Balaban J connectivity index is 1.90. The van der Waals surface area contributed by atoms with Crippen molar-refractivity contribution in [1.82, 2.24) is 5.32 Å². The van der Waals surface area contributed by atoms with Crippen LogP contribution in [0.4, 0.5) is 5.69 Å². The van der Waals surface area contributed by atoms with E-state index in [1.807, 2.05) is 42.5 Å². The summed E-state index contributed by atoms with van der Waals surface area (Å²) >= 11 is 0. The van der Waals surface area contributed by atoms with Crippen LogP contribution in [0.3, 0.4) is 0 Å². The number of fused-ring (bicyclic) bond motifs is 1. The Morgan fingerprint density at radius 2 is 1.63 bits per heavy atom. The number of hydrogen-bond acceptors (Lipinski definition) is 2. The molecule has 19 heavy (non-hydrogen) atoms. The third-order valence-electron chi connectivity index (χ3n) is 3.00. The fourth-order valence-corrected chi connectivity index (χ4v) is 2.08. The van der Waals surface area contributed by atoms with Gasteiger partial charge < -0.3 is 10.6 Å². The van der Waals surface area contributed by atoms with Gasteiger partial charge in [-0.05, 0) is 17.7 Å². The van der Waals surface area contributed by atoms with Crippen molar-refractivity contribution in [3.63, 3.8) is 0 Å². The van der Waals surface area contributed by atoms with Crippen molar-refractivity contribution in [3.05, 3.63) is 78.1 Å². The van der Waals surface area contributed by atoms with Gasteiger partial charge in [-0.3, -0.25) is 4.99 Å². The molecular weight excluding hydrogens is 234 g/mol. The van der Waals surface area contributed by atoms with Gasteiger partial charge in [0.05, 0.1) is 12.2 Å². The smallest absolute Gasteiger partial charge is 0.136 e. The minimum Gasteiger partial charge on any atom is -0.342 e. The minimum atomic E-state index is 0.658. The molecule has 1 aliphatic rings. The maximum atomic E-state index is 4.65. The molecular formula is C16H15N3. The van der Waals surface area contributed by atoms with Crippen molar-refractivity contribution < 1.29 is 0 Å². The Kier molecular flexibility index (Phi) is 3.02. The van der Waals surface area contributed by atoms with E-state index in [1.165, 1.54) is 5.56 Å². The fourth-order valence-electron chi connectivity index (χ4n) is 2.08. The number of rotatable bonds is 2. The molecule has 0 unspecified atom stereocenters. The van der Waals surface area contributed by atoms with E-state index in [-0.39, 0.29) is 0 Å². The van der Waals surface area contributed by atoms with Crippen LogP contribution in [0, 0.1) is 0 Å². The molecule has 0 atom stereocenters. The summed E-state index contributed by atoms with van der Waals surface area (Å²) in [5.41, 5.74) is 3.31. The van der Waals surface area contributed by atoms with Crippen LogP contribution in [0.5, 0.6) is 0 Å². The highest BCUT2D eigenvalue weighted by atomic mass is 15.2. The minimum absolute atomic E-state index is 0.658. The number of amidine groups is 1. The van der Waals surface area contributed by atoms with Gasteiger partial charge >= 0.3 is 0 Å². The number of aliphatic imine (C=N–C) groups is 1. The predicted molar refractivity (Wildman–Crippen MR) is 79.0 cm³/mol. The SMILES string of the molecule is C=C1NC(=NCc2ccccc2)c2ccccc2N1. The van der Waals surface area contributed by atoms with Crippen molar-refractivity contribution in [2.45, 2.75) is 6.54 Å². The van der Waals surface area contributed by atoms with Crippen LogP contribution in [0.1, 0.15) is 11.1 Å². The van der Waals surface area contributed by atoms with Crippen molar-refractivity contribution in [1.29, 1.82) is 0 Å². The molecule has 0 bridgehead atoms. The number of nitrogens with zero attached hydrogens (tertiary/aromatic N) is 1. The average Bonchev–Trinajstić information content (AvgIpc) is 2.45. The zero-order chi connectivity index (χ0) is 13.1. The molecule has 0 amide bonds. The number of anilines is 1. The molecule has 0 saturated heterocycles. The Hall–Kier alpha value is -2.55. The molecule has 0 aromatic heterocycles. The summed E-state index contributed by atoms with van der Waals surface area (Å²) in [5.74, 6) is 1.62. The van der Waals surface area contributed by atoms with E-state index in [0.717, 1.165) is 22.9 Å². The molecule has 0 saturated carbocycles. The monoisotopic (exact) mass is 249 g/mol. The second-order valence-electron chi connectivity index (χ2n) is 4.42. The molecule has 1 heterocycles.